The molecule has 0 heterocycles. The molecule has 2 aromatic rings. The van der Waals surface area contributed by atoms with Crippen LogP contribution in [-0.4, -0.2) is 8.42 Å². The predicted octanol–water partition coefficient (Wildman–Crippen LogP) is 3.17. The van der Waals surface area contributed by atoms with Gasteiger partial charge in [-0.1, -0.05) is 17.7 Å². The second-order valence-electron chi connectivity index (χ2n) is 4.27. The number of benzene rings is 2. The molecule has 0 bridgehead atoms. The van der Waals surface area contributed by atoms with Crippen LogP contribution in [0.4, 0.5) is 15.8 Å². The van der Waals surface area contributed by atoms with Gasteiger partial charge in [0.2, 0.25) is 0 Å². The molecule has 3 N–H and O–H groups in total. The van der Waals surface area contributed by atoms with E-state index in [9.17, 15) is 12.8 Å². The lowest BCUT2D eigenvalue weighted by molar-refractivity contribution is 0.600. The lowest BCUT2D eigenvalue weighted by Gasteiger charge is -2.11. The van der Waals surface area contributed by atoms with E-state index in [0.29, 0.717) is 0 Å². The predicted molar refractivity (Wildman–Crippen MR) is 77.8 cm³/mol. The van der Waals surface area contributed by atoms with Crippen LogP contribution in [0.15, 0.2) is 41.3 Å². The zero-order valence-corrected chi connectivity index (χ0v) is 12.1. The molecule has 0 radical (unpaired) electrons. The summed E-state index contributed by atoms with van der Waals surface area (Å²) < 4.78 is 39.8. The smallest absolute Gasteiger partial charge is 0.262 e. The average molecular weight is 315 g/mol. The molecule has 0 aromatic heterocycles. The van der Waals surface area contributed by atoms with Gasteiger partial charge in [0.05, 0.1) is 21.3 Å². The molecule has 0 saturated carbocycles. The normalized spacial score (nSPS) is 11.3. The molecule has 0 amide bonds. The van der Waals surface area contributed by atoms with Gasteiger partial charge in [0.25, 0.3) is 10.0 Å². The molecule has 0 fully saturated rings. The fourth-order valence-corrected chi connectivity index (χ4v) is 2.94. The van der Waals surface area contributed by atoms with E-state index in [1.54, 1.807) is 18.2 Å². The Balaban J connectivity index is 2.40. The second-order valence-corrected chi connectivity index (χ2v) is 6.36. The lowest BCUT2D eigenvalue weighted by atomic mass is 10.2. The van der Waals surface area contributed by atoms with E-state index in [-0.39, 0.29) is 21.3 Å². The van der Waals surface area contributed by atoms with Gasteiger partial charge in [-0.05, 0) is 42.8 Å². The SMILES string of the molecule is Cc1ccc(Cl)c(NS(=O)(=O)c2ccc(F)c(N)c2)c1. The zero-order chi connectivity index (χ0) is 14.9. The number of nitrogens with two attached hydrogens (primary N) is 1. The monoisotopic (exact) mass is 314 g/mol. The number of anilines is 2. The summed E-state index contributed by atoms with van der Waals surface area (Å²) in [5, 5.41) is 0.272. The summed E-state index contributed by atoms with van der Waals surface area (Å²) in [6.07, 6.45) is 0. The number of hydrogen-bond donors (Lipinski definition) is 2. The molecule has 4 nitrogen and oxygen atoms in total. The molecule has 7 heteroatoms. The molecule has 106 valence electrons. The van der Waals surface area contributed by atoms with Crippen molar-refractivity contribution in [3.05, 3.63) is 52.8 Å². The fourth-order valence-electron chi connectivity index (χ4n) is 1.61. The maximum absolute atomic E-state index is 13.1. The highest BCUT2D eigenvalue weighted by Gasteiger charge is 2.17. The summed E-state index contributed by atoms with van der Waals surface area (Å²) in [7, 11) is -3.87. The molecule has 0 atom stereocenters. The van der Waals surface area contributed by atoms with E-state index in [4.69, 9.17) is 17.3 Å². The van der Waals surface area contributed by atoms with Crippen LogP contribution in [0.3, 0.4) is 0 Å². The third-order valence-electron chi connectivity index (χ3n) is 2.64. The molecule has 0 saturated heterocycles. The number of nitrogen functional groups attached to an aromatic ring is 1. The number of rotatable bonds is 3. The maximum atomic E-state index is 13.1. The van der Waals surface area contributed by atoms with Crippen LogP contribution in [0.5, 0.6) is 0 Å². The largest absolute Gasteiger partial charge is 0.396 e. The third-order valence-corrected chi connectivity index (χ3v) is 4.34. The molecule has 2 aromatic carbocycles. The lowest BCUT2D eigenvalue weighted by Crippen LogP contribution is -2.14. The standard InChI is InChI=1S/C13H12ClFN2O2S/c1-8-2-4-10(14)13(6-8)17-20(18,19)9-3-5-11(15)12(16)7-9/h2-7,17H,16H2,1H3. The summed E-state index contributed by atoms with van der Waals surface area (Å²) >= 11 is 5.93. The summed E-state index contributed by atoms with van der Waals surface area (Å²) in [4.78, 5) is -0.131. The Labute approximate surface area is 121 Å². The Kier molecular flexibility index (Phi) is 3.87. The zero-order valence-electron chi connectivity index (χ0n) is 10.5. The second kappa shape index (κ2) is 5.30. The van der Waals surface area contributed by atoms with Crippen molar-refractivity contribution < 1.29 is 12.8 Å². The summed E-state index contributed by atoms with van der Waals surface area (Å²) in [5.41, 5.74) is 6.25. The molecule has 0 aliphatic rings. The highest BCUT2D eigenvalue weighted by atomic mass is 35.5. The number of halogens is 2. The molecule has 20 heavy (non-hydrogen) atoms. The molecular weight excluding hydrogens is 303 g/mol. The van der Waals surface area contributed by atoms with Gasteiger partial charge in [0.1, 0.15) is 5.82 Å². The van der Waals surface area contributed by atoms with Crippen LogP contribution >= 0.6 is 11.6 Å². The molecule has 0 unspecified atom stereocenters. The first-order chi connectivity index (χ1) is 9.29. The van der Waals surface area contributed by atoms with Gasteiger partial charge < -0.3 is 5.73 Å². The minimum Gasteiger partial charge on any atom is -0.396 e. The Morgan fingerprint density at radius 3 is 2.55 bits per heavy atom. The van der Waals surface area contributed by atoms with Crippen LogP contribution in [-0.2, 0) is 10.0 Å². The van der Waals surface area contributed by atoms with Gasteiger partial charge in [0, 0.05) is 0 Å². The Morgan fingerprint density at radius 1 is 1.20 bits per heavy atom. The van der Waals surface area contributed by atoms with Crippen LogP contribution < -0.4 is 10.5 Å². The topological polar surface area (TPSA) is 72.2 Å². The first-order valence-corrected chi connectivity index (χ1v) is 7.50. The van der Waals surface area contributed by atoms with Crippen molar-refractivity contribution in [1.82, 2.24) is 0 Å². The Bertz CT molecular complexity index is 763. The van der Waals surface area contributed by atoms with Gasteiger partial charge in [-0.3, -0.25) is 4.72 Å². The van der Waals surface area contributed by atoms with Crippen molar-refractivity contribution in [2.45, 2.75) is 11.8 Å². The highest BCUT2D eigenvalue weighted by Crippen LogP contribution is 2.26. The van der Waals surface area contributed by atoms with E-state index in [1.807, 2.05) is 6.92 Å². The van der Waals surface area contributed by atoms with E-state index in [2.05, 4.69) is 4.72 Å². The van der Waals surface area contributed by atoms with Gasteiger partial charge in [-0.25, -0.2) is 12.8 Å². The number of hydrogen-bond acceptors (Lipinski definition) is 3. The fraction of sp³-hybridized carbons (Fsp3) is 0.0769. The van der Waals surface area contributed by atoms with Gasteiger partial charge >= 0.3 is 0 Å². The van der Waals surface area contributed by atoms with E-state index < -0.39 is 15.8 Å². The van der Waals surface area contributed by atoms with Crippen LogP contribution in [0.1, 0.15) is 5.56 Å². The van der Waals surface area contributed by atoms with E-state index >= 15 is 0 Å². The van der Waals surface area contributed by atoms with Crippen LogP contribution in [0, 0.1) is 12.7 Å². The van der Waals surface area contributed by atoms with Crippen molar-refractivity contribution in [3.8, 4) is 0 Å². The van der Waals surface area contributed by atoms with E-state index in [0.717, 1.165) is 23.8 Å². The van der Waals surface area contributed by atoms with Crippen LogP contribution in [0.25, 0.3) is 0 Å². The van der Waals surface area contributed by atoms with E-state index in [1.165, 1.54) is 0 Å². The van der Waals surface area contributed by atoms with Crippen molar-refractivity contribution in [3.63, 3.8) is 0 Å². The number of aryl methyl sites for hydroxylation is 1. The maximum Gasteiger partial charge on any atom is 0.262 e. The number of sulfonamides is 1. The van der Waals surface area contributed by atoms with Crippen molar-refractivity contribution in [2.75, 3.05) is 10.5 Å². The first kappa shape index (κ1) is 14.6. The molecule has 2 rings (SSSR count). The molecule has 0 spiro atoms. The molecular formula is C13H12ClFN2O2S. The van der Waals surface area contributed by atoms with Crippen molar-refractivity contribution >= 4 is 33.0 Å². The first-order valence-electron chi connectivity index (χ1n) is 5.63. The van der Waals surface area contributed by atoms with Gasteiger partial charge in [-0.15, -0.1) is 0 Å². The van der Waals surface area contributed by atoms with Gasteiger partial charge in [-0.2, -0.15) is 0 Å². The van der Waals surface area contributed by atoms with Crippen molar-refractivity contribution in [1.29, 1.82) is 0 Å². The average Bonchev–Trinajstić information content (AvgIpc) is 2.36. The summed E-state index contributed by atoms with van der Waals surface area (Å²) in [6.45, 7) is 1.81. The molecule has 0 aliphatic heterocycles. The van der Waals surface area contributed by atoms with Crippen LogP contribution in [0.2, 0.25) is 5.02 Å². The summed E-state index contributed by atoms with van der Waals surface area (Å²) in [5.74, 6) is -0.669. The number of nitrogens with one attached hydrogen (secondary N) is 1. The Hall–Kier alpha value is -1.79. The highest BCUT2D eigenvalue weighted by molar-refractivity contribution is 7.92. The molecule has 0 aliphatic carbocycles. The quantitative estimate of drug-likeness (QED) is 0.855. The van der Waals surface area contributed by atoms with Gasteiger partial charge in [0.15, 0.2) is 0 Å². The minimum atomic E-state index is -3.87. The van der Waals surface area contributed by atoms with Crippen molar-refractivity contribution in [2.24, 2.45) is 0 Å². The summed E-state index contributed by atoms with van der Waals surface area (Å²) in [6, 6.07) is 8.15. The third kappa shape index (κ3) is 3.02. The Morgan fingerprint density at radius 2 is 1.90 bits per heavy atom. The minimum absolute atomic E-state index is 0.131.